The second-order valence-corrected chi connectivity index (χ2v) is 12.1. The third-order valence-electron chi connectivity index (χ3n) is 10.1. The number of aliphatic hydroxyl groups is 1. The number of rotatable bonds is 4. The lowest BCUT2D eigenvalue weighted by Crippen LogP contribution is -2.67. The number of ether oxygens (including phenoxy) is 1. The second-order valence-electron chi connectivity index (χ2n) is 12.1. The Morgan fingerprint density at radius 1 is 1.15 bits per heavy atom. The number of ketones is 1. The lowest BCUT2D eigenvalue weighted by molar-refractivity contribution is -0.169. The Morgan fingerprint density at radius 2 is 1.76 bits per heavy atom. The van der Waals surface area contributed by atoms with Crippen molar-refractivity contribution in [3.8, 4) is 0 Å². The molecule has 0 aromatic carbocycles. The van der Waals surface area contributed by atoms with Gasteiger partial charge in [0.05, 0.1) is 12.0 Å². The average Bonchev–Trinajstić information content (AvgIpc) is 2.97. The van der Waals surface area contributed by atoms with Crippen LogP contribution < -0.4 is 0 Å². The van der Waals surface area contributed by atoms with Crippen molar-refractivity contribution in [1.82, 2.24) is 0 Å². The Kier molecular flexibility index (Phi) is 5.16. The lowest BCUT2D eigenvalue weighted by atomic mass is 9.34. The van der Waals surface area contributed by atoms with Gasteiger partial charge >= 0.3 is 5.97 Å². The summed E-state index contributed by atoms with van der Waals surface area (Å²) in [6.45, 7) is 20.5. The van der Waals surface area contributed by atoms with Crippen molar-refractivity contribution in [1.29, 1.82) is 0 Å². The summed E-state index contributed by atoms with van der Waals surface area (Å²) in [4.78, 5) is 25.9. The van der Waals surface area contributed by atoms with Gasteiger partial charge in [0.1, 0.15) is 11.5 Å². The highest BCUT2D eigenvalue weighted by atomic mass is 16.6. The van der Waals surface area contributed by atoms with Gasteiger partial charge in [0.25, 0.3) is 0 Å². The van der Waals surface area contributed by atoms with Gasteiger partial charge in [0.2, 0.25) is 0 Å². The summed E-state index contributed by atoms with van der Waals surface area (Å²) < 4.78 is 5.73. The molecule has 4 rings (SSSR count). The zero-order valence-electron chi connectivity index (χ0n) is 21.9. The van der Waals surface area contributed by atoms with Crippen LogP contribution in [0.15, 0.2) is 46.6 Å². The fourth-order valence-electron chi connectivity index (χ4n) is 8.87. The van der Waals surface area contributed by atoms with Crippen molar-refractivity contribution in [2.24, 2.45) is 39.4 Å². The molecule has 1 heterocycles. The highest BCUT2D eigenvalue weighted by molar-refractivity contribution is 6.10. The minimum absolute atomic E-state index is 0.0206. The normalized spacial score (nSPS) is 48.1. The van der Waals surface area contributed by atoms with Gasteiger partial charge in [-0.2, -0.15) is 0 Å². The van der Waals surface area contributed by atoms with Crippen molar-refractivity contribution in [2.45, 2.75) is 81.4 Å². The van der Waals surface area contributed by atoms with Crippen LogP contribution >= 0.6 is 0 Å². The summed E-state index contributed by atoms with van der Waals surface area (Å²) in [5, 5.41) is 11.6. The fourth-order valence-corrected chi connectivity index (χ4v) is 8.87. The summed E-state index contributed by atoms with van der Waals surface area (Å²) in [5.74, 6) is -0.475. The molecule has 4 nitrogen and oxygen atoms in total. The predicted molar refractivity (Wildman–Crippen MR) is 130 cm³/mol. The summed E-state index contributed by atoms with van der Waals surface area (Å²) in [6.07, 6.45) is 7.71. The van der Waals surface area contributed by atoms with Crippen LogP contribution in [0.4, 0.5) is 0 Å². The second kappa shape index (κ2) is 7.04. The van der Waals surface area contributed by atoms with Crippen molar-refractivity contribution in [3.05, 3.63) is 46.6 Å². The van der Waals surface area contributed by atoms with E-state index in [4.69, 9.17) is 4.74 Å². The molecule has 0 aromatic rings. The molecule has 1 aliphatic heterocycles. The Balaban J connectivity index is 1.87. The molecule has 4 heteroatoms. The molecule has 0 radical (unpaired) electrons. The summed E-state index contributed by atoms with van der Waals surface area (Å²) in [6, 6.07) is 0. The molecule has 3 fully saturated rings. The topological polar surface area (TPSA) is 63.6 Å². The first-order valence-electron chi connectivity index (χ1n) is 12.3. The number of allylic oxidation sites excluding steroid dienone is 6. The van der Waals surface area contributed by atoms with E-state index in [1.54, 1.807) is 6.92 Å². The molecule has 0 spiro atoms. The zero-order valence-corrected chi connectivity index (χ0v) is 21.9. The third-order valence-corrected chi connectivity index (χ3v) is 10.1. The molecular weight excluding hydrogens is 412 g/mol. The minimum atomic E-state index is -1.16. The van der Waals surface area contributed by atoms with Crippen LogP contribution in [0.2, 0.25) is 0 Å². The molecule has 9 atom stereocenters. The molecule has 2 saturated carbocycles. The number of hydrogen-bond acceptors (Lipinski definition) is 4. The van der Waals surface area contributed by atoms with Crippen LogP contribution in [-0.2, 0) is 14.3 Å². The number of hydrogen-bond donors (Lipinski definition) is 1. The average molecular weight is 453 g/mol. The first-order chi connectivity index (χ1) is 15.1. The molecule has 3 aliphatic carbocycles. The largest absolute Gasteiger partial charge is 0.460 e. The monoisotopic (exact) mass is 452 g/mol. The molecule has 0 aromatic heterocycles. The van der Waals surface area contributed by atoms with Crippen LogP contribution in [-0.4, -0.2) is 29.1 Å². The SMILES string of the molecule is C/C=C(\C)[C@@H](O)[C@@]1(C)[C@H](/C(C)=C/C2(C)C3OC(=O)[C@]2(C)C(=O)[C@@H]3C)[C@]2(C)C=C(C)C=C(C)[C@@H]21. The first-order valence-corrected chi connectivity index (χ1v) is 12.3. The highest BCUT2D eigenvalue weighted by Crippen LogP contribution is 2.73. The quantitative estimate of drug-likeness (QED) is 0.343. The Labute approximate surface area is 198 Å². The van der Waals surface area contributed by atoms with Crippen LogP contribution in [0.5, 0.6) is 0 Å². The maximum atomic E-state index is 13.1. The third kappa shape index (κ3) is 2.62. The molecular formula is C29H40O4. The van der Waals surface area contributed by atoms with E-state index >= 15 is 0 Å². The predicted octanol–water partition coefficient (Wildman–Crippen LogP) is 5.58. The van der Waals surface area contributed by atoms with Crippen LogP contribution in [0.3, 0.4) is 0 Å². The van der Waals surface area contributed by atoms with E-state index in [0.717, 1.165) is 11.1 Å². The number of aliphatic hydroxyl groups excluding tert-OH is 1. The van der Waals surface area contributed by atoms with Gasteiger partial charge in [-0.15, -0.1) is 0 Å². The van der Waals surface area contributed by atoms with Crippen molar-refractivity contribution >= 4 is 11.8 Å². The van der Waals surface area contributed by atoms with Crippen LogP contribution in [0, 0.1) is 39.4 Å². The van der Waals surface area contributed by atoms with Gasteiger partial charge in [-0.3, -0.25) is 9.59 Å². The highest BCUT2D eigenvalue weighted by Gasteiger charge is 2.75. The molecule has 33 heavy (non-hydrogen) atoms. The van der Waals surface area contributed by atoms with E-state index in [1.807, 2.05) is 33.8 Å². The summed E-state index contributed by atoms with van der Waals surface area (Å²) >= 11 is 0. The lowest BCUT2D eigenvalue weighted by Gasteiger charge is -2.69. The van der Waals surface area contributed by atoms with Gasteiger partial charge in [-0.05, 0) is 59.0 Å². The van der Waals surface area contributed by atoms with E-state index < -0.39 is 34.4 Å². The zero-order chi connectivity index (χ0) is 24.9. The Bertz CT molecular complexity index is 1060. The minimum Gasteiger partial charge on any atom is -0.460 e. The number of carbonyl (C=O) groups is 2. The maximum Gasteiger partial charge on any atom is 0.320 e. The van der Waals surface area contributed by atoms with Crippen molar-refractivity contribution in [3.63, 3.8) is 0 Å². The number of Topliss-reactive ketones (excluding diaryl/α,β-unsaturated/α-hetero) is 1. The number of fused-ring (bicyclic) bond motifs is 3. The Hall–Kier alpha value is -1.94. The molecule has 2 unspecified atom stereocenters. The van der Waals surface area contributed by atoms with E-state index in [-0.39, 0.29) is 29.0 Å². The van der Waals surface area contributed by atoms with Gasteiger partial charge in [-0.1, -0.05) is 68.7 Å². The number of carbonyl (C=O) groups excluding carboxylic acids is 2. The van der Waals surface area contributed by atoms with Crippen molar-refractivity contribution in [2.75, 3.05) is 0 Å². The summed E-state index contributed by atoms with van der Waals surface area (Å²) in [7, 11) is 0. The van der Waals surface area contributed by atoms with E-state index in [0.29, 0.717) is 0 Å². The molecule has 1 saturated heterocycles. The standard InChI is InChI=1S/C29H40O4/c1-11-16(3)22(30)28(9)20-17(4)12-15(2)13-26(20,7)21(28)18(5)14-27(8)24-19(6)23(31)29(27,10)25(32)33-24/h11-14,19-22,24,30H,1-10H3/b16-11+,18-14+/t19-,20-,21+,22+,24?,26+,27?,28+,29-/m0/s1. The van der Waals surface area contributed by atoms with Gasteiger partial charge in [-0.25, -0.2) is 0 Å². The van der Waals surface area contributed by atoms with Crippen LogP contribution in [0.1, 0.15) is 69.2 Å². The van der Waals surface area contributed by atoms with E-state index in [2.05, 4.69) is 52.8 Å². The van der Waals surface area contributed by atoms with E-state index in [9.17, 15) is 14.7 Å². The van der Waals surface area contributed by atoms with Gasteiger partial charge in [0.15, 0.2) is 5.78 Å². The molecule has 180 valence electrons. The molecule has 2 bridgehead atoms. The fraction of sp³-hybridized carbons (Fsp3) is 0.655. The Morgan fingerprint density at radius 3 is 2.30 bits per heavy atom. The van der Waals surface area contributed by atoms with Gasteiger partial charge < -0.3 is 9.84 Å². The maximum absolute atomic E-state index is 13.1. The number of esters is 1. The van der Waals surface area contributed by atoms with Crippen LogP contribution in [0.25, 0.3) is 0 Å². The smallest absolute Gasteiger partial charge is 0.320 e. The van der Waals surface area contributed by atoms with Crippen molar-refractivity contribution < 1.29 is 19.4 Å². The molecule has 1 N–H and O–H groups in total. The molecule has 4 aliphatic rings. The molecule has 0 amide bonds. The van der Waals surface area contributed by atoms with Gasteiger partial charge in [0, 0.05) is 16.2 Å². The summed E-state index contributed by atoms with van der Waals surface area (Å²) in [5.41, 5.74) is 2.21. The van der Waals surface area contributed by atoms with E-state index in [1.165, 1.54) is 11.1 Å². The first kappa shape index (κ1) is 24.2.